The van der Waals surface area contributed by atoms with Gasteiger partial charge in [-0.1, -0.05) is 0 Å². The number of ether oxygens (including phenoxy) is 1. The van der Waals surface area contributed by atoms with Crippen LogP contribution in [-0.4, -0.2) is 36.1 Å². The van der Waals surface area contributed by atoms with Gasteiger partial charge in [0.25, 0.3) is 0 Å². The zero-order chi connectivity index (χ0) is 11.1. The first-order valence-electron chi connectivity index (χ1n) is 4.85. The van der Waals surface area contributed by atoms with Crippen LogP contribution >= 0.6 is 0 Å². The monoisotopic (exact) mass is 209 g/mol. The number of anilines is 1. The molecule has 0 aliphatic rings. The van der Waals surface area contributed by atoms with E-state index in [1.54, 1.807) is 18.6 Å². The number of carbonyl (C=O) groups is 1. The summed E-state index contributed by atoms with van der Waals surface area (Å²) in [6, 6.07) is 0. The highest BCUT2D eigenvalue weighted by Crippen LogP contribution is 2.07. The molecule has 0 fully saturated rings. The van der Waals surface area contributed by atoms with Crippen molar-refractivity contribution >= 4 is 11.8 Å². The van der Waals surface area contributed by atoms with Crippen molar-refractivity contribution in [3.63, 3.8) is 0 Å². The van der Waals surface area contributed by atoms with Gasteiger partial charge in [0.05, 0.1) is 19.7 Å². The lowest BCUT2D eigenvalue weighted by molar-refractivity contribution is -0.140. The van der Waals surface area contributed by atoms with E-state index in [1.807, 2.05) is 11.8 Å². The predicted molar refractivity (Wildman–Crippen MR) is 56.6 cm³/mol. The van der Waals surface area contributed by atoms with Crippen molar-refractivity contribution in [2.75, 3.05) is 25.1 Å². The lowest BCUT2D eigenvalue weighted by Crippen LogP contribution is -2.27. The van der Waals surface area contributed by atoms with Crippen molar-refractivity contribution in [3.05, 3.63) is 18.6 Å². The Hall–Kier alpha value is -1.65. The van der Waals surface area contributed by atoms with Gasteiger partial charge in [-0.15, -0.1) is 0 Å². The molecule has 1 aromatic heterocycles. The summed E-state index contributed by atoms with van der Waals surface area (Å²) < 4.78 is 4.58. The van der Waals surface area contributed by atoms with Crippen LogP contribution in [0.4, 0.5) is 5.82 Å². The largest absolute Gasteiger partial charge is 0.469 e. The molecule has 0 radical (unpaired) electrons. The van der Waals surface area contributed by atoms with Crippen molar-refractivity contribution in [1.29, 1.82) is 0 Å². The first-order chi connectivity index (χ1) is 7.27. The van der Waals surface area contributed by atoms with Crippen molar-refractivity contribution in [2.45, 2.75) is 13.3 Å². The molecule has 0 unspecified atom stereocenters. The SMILES string of the molecule is CCN(CCC(=O)OC)c1cnccn1. The number of hydrogen-bond acceptors (Lipinski definition) is 5. The Balaban J connectivity index is 2.53. The van der Waals surface area contributed by atoms with E-state index in [4.69, 9.17) is 0 Å². The van der Waals surface area contributed by atoms with Gasteiger partial charge in [-0.3, -0.25) is 9.78 Å². The van der Waals surface area contributed by atoms with Gasteiger partial charge in [0, 0.05) is 25.5 Å². The summed E-state index contributed by atoms with van der Waals surface area (Å²) in [4.78, 5) is 21.1. The minimum absolute atomic E-state index is 0.211. The minimum Gasteiger partial charge on any atom is -0.469 e. The van der Waals surface area contributed by atoms with Crippen molar-refractivity contribution in [2.24, 2.45) is 0 Å². The Kier molecular flexibility index (Phi) is 4.53. The van der Waals surface area contributed by atoms with Gasteiger partial charge in [-0.2, -0.15) is 0 Å². The maximum absolute atomic E-state index is 11.0. The van der Waals surface area contributed by atoms with Crippen molar-refractivity contribution in [1.82, 2.24) is 9.97 Å². The van der Waals surface area contributed by atoms with Crippen LogP contribution in [0.3, 0.4) is 0 Å². The van der Waals surface area contributed by atoms with E-state index >= 15 is 0 Å². The average Bonchev–Trinajstić information content (AvgIpc) is 2.31. The smallest absolute Gasteiger partial charge is 0.307 e. The highest BCUT2D eigenvalue weighted by atomic mass is 16.5. The van der Waals surface area contributed by atoms with E-state index in [2.05, 4.69) is 14.7 Å². The van der Waals surface area contributed by atoms with Gasteiger partial charge < -0.3 is 9.64 Å². The molecule has 15 heavy (non-hydrogen) atoms. The molecule has 0 N–H and O–H groups in total. The molecule has 0 atom stereocenters. The summed E-state index contributed by atoms with van der Waals surface area (Å²) in [6.07, 6.45) is 5.30. The highest BCUT2D eigenvalue weighted by molar-refractivity contribution is 5.69. The third-order valence-corrected chi connectivity index (χ3v) is 2.07. The van der Waals surface area contributed by atoms with Crippen LogP contribution in [0.5, 0.6) is 0 Å². The molecule has 1 aromatic rings. The number of aromatic nitrogens is 2. The third kappa shape index (κ3) is 3.53. The first-order valence-corrected chi connectivity index (χ1v) is 4.85. The molecular weight excluding hydrogens is 194 g/mol. The molecule has 0 bridgehead atoms. The fraction of sp³-hybridized carbons (Fsp3) is 0.500. The normalized spacial score (nSPS) is 9.73. The second-order valence-electron chi connectivity index (χ2n) is 2.97. The summed E-state index contributed by atoms with van der Waals surface area (Å²) in [7, 11) is 1.39. The molecule has 1 rings (SSSR count). The minimum atomic E-state index is -0.211. The fourth-order valence-corrected chi connectivity index (χ4v) is 1.22. The van der Waals surface area contributed by atoms with E-state index in [0.717, 1.165) is 12.4 Å². The number of methoxy groups -OCH3 is 1. The average molecular weight is 209 g/mol. The molecule has 5 nitrogen and oxygen atoms in total. The molecule has 0 aromatic carbocycles. The fourth-order valence-electron chi connectivity index (χ4n) is 1.22. The summed E-state index contributed by atoms with van der Waals surface area (Å²) in [5, 5.41) is 0. The van der Waals surface area contributed by atoms with E-state index < -0.39 is 0 Å². The Bertz CT molecular complexity index is 303. The van der Waals surface area contributed by atoms with E-state index in [9.17, 15) is 4.79 Å². The van der Waals surface area contributed by atoms with Gasteiger partial charge in [0.15, 0.2) is 0 Å². The third-order valence-electron chi connectivity index (χ3n) is 2.07. The number of carbonyl (C=O) groups excluding carboxylic acids is 1. The van der Waals surface area contributed by atoms with Crippen LogP contribution in [0.25, 0.3) is 0 Å². The zero-order valence-corrected chi connectivity index (χ0v) is 9.01. The first kappa shape index (κ1) is 11.4. The van der Waals surface area contributed by atoms with Crippen LogP contribution in [-0.2, 0) is 9.53 Å². The quantitative estimate of drug-likeness (QED) is 0.673. The predicted octanol–water partition coefficient (Wildman–Crippen LogP) is 0.866. The Morgan fingerprint density at radius 2 is 2.33 bits per heavy atom. The summed E-state index contributed by atoms with van der Waals surface area (Å²) in [5.74, 6) is 0.571. The molecule has 0 spiro atoms. The topological polar surface area (TPSA) is 55.3 Å². The number of hydrogen-bond donors (Lipinski definition) is 0. The maximum atomic E-state index is 11.0. The summed E-state index contributed by atoms with van der Waals surface area (Å²) >= 11 is 0. The van der Waals surface area contributed by atoms with Gasteiger partial charge in [-0.05, 0) is 6.92 Å². The molecule has 1 heterocycles. The standard InChI is InChI=1S/C10H15N3O2/c1-3-13(7-4-10(14)15-2)9-8-11-5-6-12-9/h5-6,8H,3-4,7H2,1-2H3. The summed E-state index contributed by atoms with van der Waals surface area (Å²) in [5.41, 5.74) is 0. The van der Waals surface area contributed by atoms with Crippen molar-refractivity contribution in [3.8, 4) is 0 Å². The molecule has 0 saturated heterocycles. The van der Waals surface area contributed by atoms with Crippen LogP contribution in [0.1, 0.15) is 13.3 Å². The lowest BCUT2D eigenvalue weighted by atomic mass is 10.3. The Morgan fingerprint density at radius 1 is 1.53 bits per heavy atom. The van der Waals surface area contributed by atoms with Gasteiger partial charge in [0.1, 0.15) is 5.82 Å². The molecule has 0 aliphatic carbocycles. The molecule has 5 heteroatoms. The second kappa shape index (κ2) is 5.95. The summed E-state index contributed by atoms with van der Waals surface area (Å²) in [6.45, 7) is 3.39. The van der Waals surface area contributed by atoms with Crippen LogP contribution in [0, 0.1) is 0 Å². The molecule has 82 valence electrons. The Morgan fingerprint density at radius 3 is 2.87 bits per heavy atom. The molecule has 0 amide bonds. The highest BCUT2D eigenvalue weighted by Gasteiger charge is 2.08. The van der Waals surface area contributed by atoms with Crippen molar-refractivity contribution < 1.29 is 9.53 Å². The molecular formula is C10H15N3O2. The van der Waals surface area contributed by atoms with Crippen LogP contribution < -0.4 is 4.90 Å². The second-order valence-corrected chi connectivity index (χ2v) is 2.97. The molecule has 0 aliphatic heterocycles. The Labute approximate surface area is 89.1 Å². The molecule has 0 saturated carbocycles. The van der Waals surface area contributed by atoms with E-state index in [1.165, 1.54) is 7.11 Å². The van der Waals surface area contributed by atoms with E-state index in [-0.39, 0.29) is 5.97 Å². The van der Waals surface area contributed by atoms with Gasteiger partial charge in [-0.25, -0.2) is 4.98 Å². The number of esters is 1. The van der Waals surface area contributed by atoms with Crippen LogP contribution in [0.15, 0.2) is 18.6 Å². The lowest BCUT2D eigenvalue weighted by Gasteiger charge is -2.20. The maximum Gasteiger partial charge on any atom is 0.307 e. The van der Waals surface area contributed by atoms with Crippen LogP contribution in [0.2, 0.25) is 0 Å². The zero-order valence-electron chi connectivity index (χ0n) is 9.01. The number of rotatable bonds is 5. The van der Waals surface area contributed by atoms with Gasteiger partial charge in [0.2, 0.25) is 0 Å². The number of nitrogens with zero attached hydrogens (tertiary/aromatic N) is 3. The van der Waals surface area contributed by atoms with E-state index in [0.29, 0.717) is 13.0 Å². The van der Waals surface area contributed by atoms with Gasteiger partial charge >= 0.3 is 5.97 Å².